The molecule has 0 radical (unpaired) electrons. The van der Waals surface area contributed by atoms with Crippen molar-refractivity contribution in [3.8, 4) is 10.8 Å². The molecule has 3 aromatic rings. The Labute approximate surface area is 141 Å². The summed E-state index contributed by atoms with van der Waals surface area (Å²) in [6.45, 7) is 0.387. The number of halogens is 1. The van der Waals surface area contributed by atoms with Gasteiger partial charge in [0, 0.05) is 23.7 Å². The van der Waals surface area contributed by atoms with Gasteiger partial charge in [-0.15, -0.1) is 21.5 Å². The van der Waals surface area contributed by atoms with E-state index in [1.165, 1.54) is 11.3 Å². The molecule has 0 unspecified atom stereocenters. The molecular formula is C15H13ClN4O2S. The SMILES string of the molecule is O=C(NCCc1nnc(-c2cccs2)o1)Nc1cccc(Cl)c1. The molecule has 0 aliphatic carbocycles. The van der Waals surface area contributed by atoms with E-state index in [0.717, 1.165) is 4.88 Å². The summed E-state index contributed by atoms with van der Waals surface area (Å²) in [4.78, 5) is 12.7. The number of amides is 2. The molecule has 23 heavy (non-hydrogen) atoms. The number of aromatic nitrogens is 2. The van der Waals surface area contributed by atoms with Crippen LogP contribution in [0, 0.1) is 0 Å². The van der Waals surface area contributed by atoms with Gasteiger partial charge in [-0.1, -0.05) is 23.7 Å². The highest BCUT2D eigenvalue weighted by Gasteiger charge is 2.09. The van der Waals surface area contributed by atoms with Gasteiger partial charge in [0.25, 0.3) is 5.89 Å². The van der Waals surface area contributed by atoms with Crippen molar-refractivity contribution in [2.45, 2.75) is 6.42 Å². The van der Waals surface area contributed by atoms with Crippen LogP contribution in [0.15, 0.2) is 46.2 Å². The predicted octanol–water partition coefficient (Wildman–Crippen LogP) is 3.82. The standard InChI is InChI=1S/C15H13ClN4O2S/c16-10-3-1-4-11(9-10)18-15(21)17-7-6-13-19-20-14(22-13)12-5-2-8-23-12/h1-5,8-9H,6-7H2,(H2,17,18,21). The van der Waals surface area contributed by atoms with Gasteiger partial charge in [0.05, 0.1) is 4.88 Å². The molecule has 0 saturated heterocycles. The Morgan fingerprint density at radius 1 is 1.26 bits per heavy atom. The second-order valence-electron chi connectivity index (χ2n) is 4.62. The zero-order valence-electron chi connectivity index (χ0n) is 12.0. The lowest BCUT2D eigenvalue weighted by molar-refractivity contribution is 0.252. The average molecular weight is 349 g/mol. The quantitative estimate of drug-likeness (QED) is 0.734. The smallest absolute Gasteiger partial charge is 0.319 e. The molecule has 0 aliphatic heterocycles. The van der Waals surface area contributed by atoms with Crippen molar-refractivity contribution in [1.29, 1.82) is 0 Å². The van der Waals surface area contributed by atoms with Crippen LogP contribution in [-0.2, 0) is 6.42 Å². The minimum atomic E-state index is -0.315. The summed E-state index contributed by atoms with van der Waals surface area (Å²) in [7, 11) is 0. The fourth-order valence-electron chi connectivity index (χ4n) is 1.88. The molecule has 0 bridgehead atoms. The van der Waals surface area contributed by atoms with Crippen molar-refractivity contribution in [3.05, 3.63) is 52.7 Å². The Balaban J connectivity index is 1.47. The summed E-state index contributed by atoms with van der Waals surface area (Å²) >= 11 is 7.39. The number of anilines is 1. The first-order chi connectivity index (χ1) is 11.2. The molecule has 0 spiro atoms. The molecule has 6 nitrogen and oxygen atoms in total. The van der Waals surface area contributed by atoms with Gasteiger partial charge in [-0.25, -0.2) is 4.79 Å². The monoisotopic (exact) mass is 348 g/mol. The summed E-state index contributed by atoms with van der Waals surface area (Å²) in [5, 5.41) is 15.9. The molecule has 0 fully saturated rings. The van der Waals surface area contributed by atoms with Crippen LogP contribution in [0.3, 0.4) is 0 Å². The topological polar surface area (TPSA) is 80.1 Å². The fraction of sp³-hybridized carbons (Fsp3) is 0.133. The van der Waals surface area contributed by atoms with Gasteiger partial charge in [-0.2, -0.15) is 0 Å². The highest BCUT2D eigenvalue weighted by Crippen LogP contribution is 2.22. The molecule has 1 aromatic carbocycles. The van der Waals surface area contributed by atoms with E-state index in [-0.39, 0.29) is 6.03 Å². The Bertz CT molecular complexity index is 788. The van der Waals surface area contributed by atoms with E-state index >= 15 is 0 Å². The van der Waals surface area contributed by atoms with Gasteiger partial charge in [0.15, 0.2) is 0 Å². The number of benzene rings is 1. The van der Waals surface area contributed by atoms with Gasteiger partial charge in [0.1, 0.15) is 0 Å². The molecule has 2 heterocycles. The number of rotatable bonds is 5. The third kappa shape index (κ3) is 4.30. The largest absolute Gasteiger partial charge is 0.420 e. The van der Waals surface area contributed by atoms with Crippen molar-refractivity contribution in [1.82, 2.24) is 15.5 Å². The molecule has 0 atom stereocenters. The summed E-state index contributed by atoms with van der Waals surface area (Å²) < 4.78 is 5.54. The molecule has 2 amide bonds. The maximum atomic E-state index is 11.8. The molecule has 118 valence electrons. The lowest BCUT2D eigenvalue weighted by Crippen LogP contribution is -2.30. The first kappa shape index (κ1) is 15.5. The number of carbonyl (C=O) groups excluding carboxylic acids is 1. The highest BCUT2D eigenvalue weighted by atomic mass is 35.5. The van der Waals surface area contributed by atoms with Crippen molar-refractivity contribution in [2.24, 2.45) is 0 Å². The third-order valence-corrected chi connectivity index (χ3v) is 4.00. The van der Waals surface area contributed by atoms with E-state index in [1.807, 2.05) is 17.5 Å². The van der Waals surface area contributed by atoms with Gasteiger partial charge in [-0.3, -0.25) is 0 Å². The van der Waals surface area contributed by atoms with Gasteiger partial charge >= 0.3 is 6.03 Å². The van der Waals surface area contributed by atoms with Crippen molar-refractivity contribution >= 4 is 34.7 Å². The number of urea groups is 1. The Morgan fingerprint density at radius 3 is 2.96 bits per heavy atom. The summed E-state index contributed by atoms with van der Waals surface area (Å²) in [5.41, 5.74) is 0.632. The van der Waals surface area contributed by atoms with E-state index in [2.05, 4.69) is 20.8 Å². The summed E-state index contributed by atoms with van der Waals surface area (Å²) in [6, 6.07) is 10.5. The first-order valence-corrected chi connectivity index (χ1v) is 8.13. The molecule has 2 aromatic heterocycles. The van der Waals surface area contributed by atoms with Crippen LogP contribution in [0.5, 0.6) is 0 Å². The minimum Gasteiger partial charge on any atom is -0.420 e. The fourth-order valence-corrected chi connectivity index (χ4v) is 2.71. The number of hydrogen-bond acceptors (Lipinski definition) is 5. The number of thiophene rings is 1. The lowest BCUT2D eigenvalue weighted by atomic mass is 10.3. The highest BCUT2D eigenvalue weighted by molar-refractivity contribution is 7.13. The van der Waals surface area contributed by atoms with Crippen LogP contribution in [0.1, 0.15) is 5.89 Å². The van der Waals surface area contributed by atoms with Gasteiger partial charge in [0.2, 0.25) is 5.89 Å². The van der Waals surface area contributed by atoms with Gasteiger partial charge < -0.3 is 15.1 Å². The zero-order valence-corrected chi connectivity index (χ0v) is 13.5. The van der Waals surface area contributed by atoms with Crippen LogP contribution >= 0.6 is 22.9 Å². The van der Waals surface area contributed by atoms with Crippen LogP contribution in [0.2, 0.25) is 5.02 Å². The van der Waals surface area contributed by atoms with Crippen LogP contribution in [0.4, 0.5) is 10.5 Å². The second kappa shape index (κ2) is 7.26. The first-order valence-electron chi connectivity index (χ1n) is 6.87. The molecular weight excluding hydrogens is 336 g/mol. The van der Waals surface area contributed by atoms with E-state index in [0.29, 0.717) is 35.5 Å². The van der Waals surface area contributed by atoms with E-state index in [9.17, 15) is 4.79 Å². The Kier molecular flexibility index (Phi) is 4.89. The molecule has 2 N–H and O–H groups in total. The lowest BCUT2D eigenvalue weighted by Gasteiger charge is -2.06. The number of carbonyl (C=O) groups is 1. The molecule has 3 rings (SSSR count). The number of nitrogens with zero attached hydrogens (tertiary/aromatic N) is 2. The van der Waals surface area contributed by atoms with Crippen LogP contribution < -0.4 is 10.6 Å². The molecule has 8 heteroatoms. The van der Waals surface area contributed by atoms with E-state index in [4.69, 9.17) is 16.0 Å². The predicted molar refractivity (Wildman–Crippen MR) is 89.8 cm³/mol. The Morgan fingerprint density at radius 2 is 2.17 bits per heavy atom. The average Bonchev–Trinajstić information content (AvgIpc) is 3.18. The molecule has 0 aliphatic rings. The molecule has 0 saturated carbocycles. The van der Waals surface area contributed by atoms with Crippen molar-refractivity contribution in [3.63, 3.8) is 0 Å². The normalized spacial score (nSPS) is 10.5. The van der Waals surface area contributed by atoms with Crippen LogP contribution in [0.25, 0.3) is 10.8 Å². The van der Waals surface area contributed by atoms with Crippen LogP contribution in [-0.4, -0.2) is 22.8 Å². The maximum Gasteiger partial charge on any atom is 0.319 e. The van der Waals surface area contributed by atoms with Gasteiger partial charge in [-0.05, 0) is 29.6 Å². The number of nitrogens with one attached hydrogen (secondary N) is 2. The zero-order chi connectivity index (χ0) is 16.1. The number of hydrogen-bond donors (Lipinski definition) is 2. The second-order valence-corrected chi connectivity index (χ2v) is 6.00. The Hall–Kier alpha value is -2.38. The maximum absolute atomic E-state index is 11.8. The summed E-state index contributed by atoms with van der Waals surface area (Å²) in [5.74, 6) is 0.981. The minimum absolute atomic E-state index is 0.315. The third-order valence-electron chi connectivity index (χ3n) is 2.91. The van der Waals surface area contributed by atoms with E-state index in [1.54, 1.807) is 24.3 Å². The summed E-state index contributed by atoms with van der Waals surface area (Å²) in [6.07, 6.45) is 0.460. The van der Waals surface area contributed by atoms with Crippen molar-refractivity contribution < 1.29 is 9.21 Å². The van der Waals surface area contributed by atoms with E-state index < -0.39 is 0 Å². The van der Waals surface area contributed by atoms with Crippen molar-refractivity contribution in [2.75, 3.05) is 11.9 Å².